The zero-order chi connectivity index (χ0) is 20.2. The van der Waals surface area contributed by atoms with E-state index >= 15 is 0 Å². The van der Waals surface area contributed by atoms with Gasteiger partial charge in [-0.25, -0.2) is 0 Å². The second kappa shape index (κ2) is 8.82. The number of hydrogen-bond acceptors (Lipinski definition) is 2. The number of allylic oxidation sites excluding steroid dienone is 1. The number of nitrogens with zero attached hydrogens (tertiary/aromatic N) is 1. The van der Waals surface area contributed by atoms with Crippen molar-refractivity contribution >= 4 is 6.08 Å². The van der Waals surface area contributed by atoms with E-state index in [1.54, 1.807) is 0 Å². The average molecular weight is 386 g/mol. The molecule has 0 amide bonds. The van der Waals surface area contributed by atoms with Crippen LogP contribution in [0.5, 0.6) is 0 Å². The van der Waals surface area contributed by atoms with Gasteiger partial charge in [0.1, 0.15) is 5.69 Å². The molecular formula is C27H31NO. The summed E-state index contributed by atoms with van der Waals surface area (Å²) >= 11 is 0. The molecule has 1 aromatic heterocycles. The normalized spacial score (nSPS) is 14.0. The summed E-state index contributed by atoms with van der Waals surface area (Å²) in [7, 11) is 0. The van der Waals surface area contributed by atoms with Crippen LogP contribution in [0, 0.1) is 5.92 Å². The molecule has 2 aromatic carbocycles. The minimum Gasteiger partial charge on any atom is -0.355 e. The minimum atomic E-state index is 0.629. The highest BCUT2D eigenvalue weighted by molar-refractivity contribution is 5.77. The van der Waals surface area contributed by atoms with Gasteiger partial charge in [0, 0.05) is 16.7 Å². The smallest absolute Gasteiger partial charge is 0.170 e. The van der Waals surface area contributed by atoms with Crippen LogP contribution in [0.15, 0.2) is 53.1 Å². The van der Waals surface area contributed by atoms with Crippen molar-refractivity contribution in [3.63, 3.8) is 0 Å². The van der Waals surface area contributed by atoms with E-state index in [-0.39, 0.29) is 0 Å². The Morgan fingerprint density at radius 1 is 1.03 bits per heavy atom. The Morgan fingerprint density at radius 3 is 2.62 bits per heavy atom. The van der Waals surface area contributed by atoms with E-state index in [2.05, 4.69) is 80.5 Å². The molecule has 1 unspecified atom stereocenters. The predicted molar refractivity (Wildman–Crippen MR) is 122 cm³/mol. The van der Waals surface area contributed by atoms with E-state index < -0.39 is 0 Å². The van der Waals surface area contributed by atoms with Crippen LogP contribution in [0.4, 0.5) is 0 Å². The minimum absolute atomic E-state index is 0.629. The van der Waals surface area contributed by atoms with Gasteiger partial charge < -0.3 is 4.52 Å². The molecule has 0 bridgehead atoms. The third-order valence-corrected chi connectivity index (χ3v) is 5.93. The first kappa shape index (κ1) is 19.7. The summed E-state index contributed by atoms with van der Waals surface area (Å²) in [5, 5.41) is 4.47. The molecule has 1 aliphatic carbocycles. The number of rotatable bonds is 7. The second-order valence-electron chi connectivity index (χ2n) is 8.33. The molecule has 0 radical (unpaired) electrons. The highest BCUT2D eigenvalue weighted by Crippen LogP contribution is 2.39. The topological polar surface area (TPSA) is 26.0 Å². The number of benzene rings is 2. The lowest BCUT2D eigenvalue weighted by Gasteiger charge is -2.16. The Kier molecular flexibility index (Phi) is 5.99. The van der Waals surface area contributed by atoms with E-state index in [1.165, 1.54) is 47.1 Å². The van der Waals surface area contributed by atoms with Gasteiger partial charge in [-0.05, 0) is 48.3 Å². The van der Waals surface area contributed by atoms with Crippen molar-refractivity contribution in [3.05, 3.63) is 70.8 Å². The molecule has 0 N–H and O–H groups in total. The SMILES string of the molecule is CCCc1ccc(-c2onc3c2CCc2cc(C=CC(C)CCC)ccc2-3)cc1. The fourth-order valence-corrected chi connectivity index (χ4v) is 4.33. The Hall–Kier alpha value is -2.61. The molecule has 2 heteroatoms. The van der Waals surface area contributed by atoms with E-state index in [1.807, 2.05) is 0 Å². The Bertz CT molecular complexity index is 994. The van der Waals surface area contributed by atoms with Gasteiger partial charge in [-0.1, -0.05) is 93.4 Å². The van der Waals surface area contributed by atoms with E-state index in [4.69, 9.17) is 4.52 Å². The Morgan fingerprint density at radius 2 is 1.86 bits per heavy atom. The molecule has 1 atom stereocenters. The standard InChI is InChI=1S/C27H31NO/c1-4-6-19(3)8-9-21-12-16-24-23(18-21)15-17-25-26(24)28-29-27(25)22-13-10-20(7-5-2)11-14-22/h8-14,16,18-19H,4-7,15,17H2,1-3H3. The average Bonchev–Trinajstić information content (AvgIpc) is 3.17. The lowest BCUT2D eigenvalue weighted by molar-refractivity contribution is 0.434. The zero-order valence-corrected chi connectivity index (χ0v) is 17.9. The number of hydrogen-bond donors (Lipinski definition) is 0. The van der Waals surface area contributed by atoms with Crippen molar-refractivity contribution in [1.82, 2.24) is 5.16 Å². The lowest BCUT2D eigenvalue weighted by Crippen LogP contribution is -2.04. The first-order valence-corrected chi connectivity index (χ1v) is 11.1. The first-order chi connectivity index (χ1) is 14.2. The molecule has 0 spiro atoms. The molecular weight excluding hydrogens is 354 g/mol. The Labute approximate surface area is 174 Å². The fraction of sp³-hybridized carbons (Fsp3) is 0.370. The van der Waals surface area contributed by atoms with E-state index in [9.17, 15) is 0 Å². The summed E-state index contributed by atoms with van der Waals surface area (Å²) in [5.74, 6) is 1.57. The van der Waals surface area contributed by atoms with Crippen molar-refractivity contribution in [1.29, 1.82) is 0 Å². The van der Waals surface area contributed by atoms with Gasteiger partial charge in [-0.3, -0.25) is 0 Å². The molecule has 0 fully saturated rings. The van der Waals surface area contributed by atoms with Crippen LogP contribution in [0.3, 0.4) is 0 Å². The summed E-state index contributed by atoms with van der Waals surface area (Å²) in [4.78, 5) is 0. The maximum Gasteiger partial charge on any atom is 0.170 e. The molecule has 0 aliphatic heterocycles. The van der Waals surface area contributed by atoms with Crippen LogP contribution in [0.1, 0.15) is 62.3 Å². The summed E-state index contributed by atoms with van der Waals surface area (Å²) in [6, 6.07) is 15.5. The third-order valence-electron chi connectivity index (χ3n) is 5.93. The third kappa shape index (κ3) is 4.22. The van der Waals surface area contributed by atoms with Crippen LogP contribution >= 0.6 is 0 Å². The van der Waals surface area contributed by atoms with Crippen molar-refractivity contribution in [3.8, 4) is 22.6 Å². The van der Waals surface area contributed by atoms with E-state index in [0.717, 1.165) is 36.3 Å². The van der Waals surface area contributed by atoms with Gasteiger partial charge in [-0.15, -0.1) is 0 Å². The van der Waals surface area contributed by atoms with Crippen molar-refractivity contribution in [2.75, 3.05) is 0 Å². The van der Waals surface area contributed by atoms with Crippen LogP contribution in [0.25, 0.3) is 28.7 Å². The number of fused-ring (bicyclic) bond motifs is 3. The van der Waals surface area contributed by atoms with E-state index in [0.29, 0.717) is 5.92 Å². The van der Waals surface area contributed by atoms with Gasteiger partial charge in [-0.2, -0.15) is 0 Å². The van der Waals surface area contributed by atoms with Gasteiger partial charge in [0.2, 0.25) is 0 Å². The molecule has 1 heterocycles. The molecule has 0 saturated heterocycles. The summed E-state index contributed by atoms with van der Waals surface area (Å²) in [5.41, 5.74) is 8.67. The van der Waals surface area contributed by atoms with Gasteiger partial charge in [0.25, 0.3) is 0 Å². The van der Waals surface area contributed by atoms with Gasteiger partial charge in [0.05, 0.1) is 0 Å². The monoisotopic (exact) mass is 385 g/mol. The van der Waals surface area contributed by atoms with Crippen LogP contribution in [0.2, 0.25) is 0 Å². The zero-order valence-electron chi connectivity index (χ0n) is 17.9. The molecule has 150 valence electrons. The molecule has 1 aliphatic rings. The number of aromatic nitrogens is 1. The van der Waals surface area contributed by atoms with Crippen molar-refractivity contribution in [2.24, 2.45) is 5.92 Å². The highest BCUT2D eigenvalue weighted by atomic mass is 16.5. The summed E-state index contributed by atoms with van der Waals surface area (Å²) in [6.07, 6.45) is 11.4. The quantitative estimate of drug-likeness (QED) is 0.420. The fourth-order valence-electron chi connectivity index (χ4n) is 4.33. The molecule has 0 saturated carbocycles. The first-order valence-electron chi connectivity index (χ1n) is 11.1. The van der Waals surface area contributed by atoms with Crippen molar-refractivity contribution < 1.29 is 4.52 Å². The van der Waals surface area contributed by atoms with Gasteiger partial charge in [0.15, 0.2) is 5.76 Å². The highest BCUT2D eigenvalue weighted by Gasteiger charge is 2.24. The van der Waals surface area contributed by atoms with Crippen LogP contribution in [-0.4, -0.2) is 5.16 Å². The van der Waals surface area contributed by atoms with Crippen LogP contribution < -0.4 is 0 Å². The Balaban J connectivity index is 1.60. The summed E-state index contributed by atoms with van der Waals surface area (Å²) < 4.78 is 5.83. The maximum atomic E-state index is 5.83. The second-order valence-corrected chi connectivity index (χ2v) is 8.33. The summed E-state index contributed by atoms with van der Waals surface area (Å²) in [6.45, 7) is 6.74. The number of aryl methyl sites for hydroxylation is 2. The molecule has 4 rings (SSSR count). The maximum absolute atomic E-state index is 5.83. The lowest BCUT2D eigenvalue weighted by atomic mass is 9.87. The molecule has 29 heavy (non-hydrogen) atoms. The molecule has 3 aromatic rings. The van der Waals surface area contributed by atoms with Gasteiger partial charge >= 0.3 is 0 Å². The molecule has 2 nitrogen and oxygen atoms in total. The van der Waals surface area contributed by atoms with Crippen LogP contribution in [-0.2, 0) is 19.3 Å². The van der Waals surface area contributed by atoms with Crippen molar-refractivity contribution in [2.45, 2.75) is 59.3 Å². The predicted octanol–water partition coefficient (Wildman–Crippen LogP) is 7.51. The largest absolute Gasteiger partial charge is 0.355 e.